The van der Waals surface area contributed by atoms with Gasteiger partial charge >= 0.3 is 6.61 Å². The molecule has 3 aromatic carbocycles. The van der Waals surface area contributed by atoms with Gasteiger partial charge in [-0.25, -0.2) is 4.98 Å². The molecule has 1 amide bonds. The lowest BCUT2D eigenvalue weighted by Gasteiger charge is -2.21. The summed E-state index contributed by atoms with van der Waals surface area (Å²) in [4.78, 5) is 17.7. The van der Waals surface area contributed by atoms with Gasteiger partial charge in [-0.2, -0.15) is 8.78 Å². The molecule has 3 heterocycles. The molecular weight excluding hydrogens is 507 g/mol. The molecule has 0 saturated carbocycles. The number of nitrogens with one attached hydrogen (secondary N) is 1. The summed E-state index contributed by atoms with van der Waals surface area (Å²) in [5.41, 5.74) is 3.86. The molecule has 6 rings (SSSR count). The highest BCUT2D eigenvalue weighted by atomic mass is 35.5. The zero-order valence-electron chi connectivity index (χ0n) is 19.3. The van der Waals surface area contributed by atoms with Crippen molar-refractivity contribution >= 4 is 41.0 Å². The summed E-state index contributed by atoms with van der Waals surface area (Å²) in [7, 11) is -2.46. The van der Waals surface area contributed by atoms with Gasteiger partial charge in [0.15, 0.2) is 0 Å². The maximum absolute atomic E-state index is 13.2. The van der Waals surface area contributed by atoms with Gasteiger partial charge < -0.3 is 19.2 Å². The van der Waals surface area contributed by atoms with Crippen molar-refractivity contribution in [2.24, 2.45) is 0 Å². The van der Waals surface area contributed by atoms with Crippen LogP contribution in [-0.2, 0) is 4.57 Å². The van der Waals surface area contributed by atoms with E-state index in [0.717, 1.165) is 16.6 Å². The van der Waals surface area contributed by atoms with E-state index in [2.05, 4.69) is 5.32 Å². The minimum absolute atomic E-state index is 0.0173. The second kappa shape index (κ2) is 8.15. The largest absolute Gasteiger partial charge is 0.434 e. The summed E-state index contributed by atoms with van der Waals surface area (Å²) in [6, 6.07) is 15.0. The van der Waals surface area contributed by atoms with Gasteiger partial charge in [0.05, 0.1) is 23.1 Å². The van der Waals surface area contributed by atoms with Crippen LogP contribution in [0, 0.1) is 0 Å². The van der Waals surface area contributed by atoms with E-state index in [1.165, 1.54) is 12.1 Å². The van der Waals surface area contributed by atoms with E-state index in [1.54, 1.807) is 25.5 Å². The van der Waals surface area contributed by atoms with Crippen LogP contribution in [0.2, 0.25) is 5.02 Å². The predicted molar refractivity (Wildman–Crippen MR) is 135 cm³/mol. The minimum Gasteiger partial charge on any atom is -0.434 e. The van der Waals surface area contributed by atoms with Crippen molar-refractivity contribution in [3.63, 3.8) is 0 Å². The number of alkyl halides is 2. The molecule has 1 N–H and O–H groups in total. The maximum Gasteiger partial charge on any atom is 0.387 e. The van der Waals surface area contributed by atoms with Crippen LogP contribution in [0.15, 0.2) is 54.6 Å². The van der Waals surface area contributed by atoms with Crippen LogP contribution in [-0.4, -0.2) is 35.4 Å². The van der Waals surface area contributed by atoms with Crippen molar-refractivity contribution in [2.45, 2.75) is 25.1 Å². The molecule has 2 bridgehead atoms. The zero-order valence-corrected chi connectivity index (χ0v) is 21.0. The first-order valence-corrected chi connectivity index (χ1v) is 14.4. The highest BCUT2D eigenvalue weighted by molar-refractivity contribution is 7.70. The molecule has 2 aliphatic rings. The van der Waals surface area contributed by atoms with E-state index in [4.69, 9.17) is 21.3 Å². The van der Waals surface area contributed by atoms with Crippen LogP contribution in [0.25, 0.3) is 22.2 Å². The summed E-state index contributed by atoms with van der Waals surface area (Å²) >= 11 is 6.60. The van der Waals surface area contributed by atoms with Crippen LogP contribution in [0.1, 0.15) is 40.3 Å². The summed E-state index contributed by atoms with van der Waals surface area (Å²) in [6.07, 6.45) is 0.475. The molecule has 2 aliphatic heterocycles. The number of halogens is 3. The number of nitrogens with zero attached hydrogens (tertiary/aromatic N) is 2. The summed E-state index contributed by atoms with van der Waals surface area (Å²) < 4.78 is 45.8. The normalized spacial score (nSPS) is 18.7. The van der Waals surface area contributed by atoms with Crippen molar-refractivity contribution in [2.75, 3.05) is 13.3 Å². The molecule has 1 aromatic heterocycles. The van der Waals surface area contributed by atoms with Gasteiger partial charge in [0.1, 0.15) is 18.7 Å². The Bertz CT molecular complexity index is 1610. The Kier molecular flexibility index (Phi) is 5.25. The molecule has 36 heavy (non-hydrogen) atoms. The van der Waals surface area contributed by atoms with Crippen LogP contribution in [0.5, 0.6) is 5.75 Å². The van der Waals surface area contributed by atoms with Gasteiger partial charge in [0, 0.05) is 27.0 Å². The molecule has 6 nitrogen and oxygen atoms in total. The van der Waals surface area contributed by atoms with Crippen molar-refractivity contribution in [3.05, 3.63) is 76.6 Å². The van der Waals surface area contributed by atoms with E-state index >= 15 is 0 Å². The van der Waals surface area contributed by atoms with Gasteiger partial charge in [-0.3, -0.25) is 4.79 Å². The molecule has 0 spiro atoms. The average Bonchev–Trinajstić information content (AvgIpc) is 3.30. The zero-order chi connectivity index (χ0) is 25.4. The molecule has 0 fully saturated rings. The fourth-order valence-electron chi connectivity index (χ4n) is 5.25. The lowest BCUT2D eigenvalue weighted by molar-refractivity contribution is -0.0507. The summed E-state index contributed by atoms with van der Waals surface area (Å²) in [5, 5.41) is 4.17. The second-order valence-corrected chi connectivity index (χ2v) is 13.1. The van der Waals surface area contributed by atoms with Crippen molar-refractivity contribution in [1.82, 2.24) is 14.9 Å². The van der Waals surface area contributed by atoms with Gasteiger partial charge in [-0.05, 0) is 55.6 Å². The third kappa shape index (κ3) is 3.62. The standard InChI is InChI=1S/C26H21ClF2N3O3P/c1-36(2,34)14-7-8-15(17(27)11-14)13-6-9-18-20(10-13)32-21-12-19(24(32)30-18)31-25(33)16-4-3-5-22(23(16)21)35-26(28)29/h3-11,19,21,26H,12H2,1-2H3,(H,31,33)/t19-,21-/m1/s1. The quantitative estimate of drug-likeness (QED) is 0.331. The smallest absolute Gasteiger partial charge is 0.387 e. The van der Waals surface area contributed by atoms with Crippen molar-refractivity contribution in [3.8, 4) is 16.9 Å². The van der Waals surface area contributed by atoms with Crippen LogP contribution in [0.4, 0.5) is 8.78 Å². The van der Waals surface area contributed by atoms with Crippen LogP contribution in [0.3, 0.4) is 0 Å². The number of fused-ring (bicyclic) bond motifs is 9. The lowest BCUT2D eigenvalue weighted by atomic mass is 9.97. The maximum atomic E-state index is 13.2. The molecule has 0 saturated heterocycles. The Balaban J connectivity index is 1.53. The number of aromatic nitrogens is 2. The van der Waals surface area contributed by atoms with Crippen molar-refractivity contribution in [1.29, 1.82) is 0 Å². The minimum atomic E-state index is -3.02. The number of imidazole rings is 1. The number of ether oxygens (including phenoxy) is 1. The first-order chi connectivity index (χ1) is 17.1. The highest BCUT2D eigenvalue weighted by Crippen LogP contribution is 2.48. The average molecular weight is 528 g/mol. The van der Waals surface area contributed by atoms with E-state index in [1.807, 2.05) is 34.9 Å². The molecule has 2 atom stereocenters. The first-order valence-electron chi connectivity index (χ1n) is 11.4. The molecule has 0 aliphatic carbocycles. The van der Waals surface area contributed by atoms with E-state index in [9.17, 15) is 18.1 Å². The first kappa shape index (κ1) is 23.2. The molecule has 0 unspecified atom stereocenters. The SMILES string of the molecule is CP(C)(=O)c1ccc(-c2ccc3nc4n(c3c2)[C@@H]2C[C@H]4NC(=O)c3cccc(OC(F)F)c32)c(Cl)c1. The number of rotatable bonds is 4. The molecule has 10 heteroatoms. The van der Waals surface area contributed by atoms with Crippen LogP contribution < -0.4 is 15.4 Å². The fraction of sp³-hybridized carbons (Fsp3) is 0.231. The number of carbonyl (C=O) groups excluding carboxylic acids is 1. The predicted octanol–water partition coefficient (Wildman–Crippen LogP) is 5.98. The lowest BCUT2D eigenvalue weighted by Crippen LogP contribution is -2.28. The van der Waals surface area contributed by atoms with E-state index in [-0.39, 0.29) is 17.7 Å². The Morgan fingerprint density at radius 3 is 2.67 bits per heavy atom. The van der Waals surface area contributed by atoms with Gasteiger partial charge in [-0.1, -0.05) is 35.9 Å². The van der Waals surface area contributed by atoms with E-state index in [0.29, 0.717) is 39.2 Å². The van der Waals surface area contributed by atoms with Gasteiger partial charge in [0.25, 0.3) is 5.91 Å². The van der Waals surface area contributed by atoms with Crippen LogP contribution >= 0.6 is 18.7 Å². The Morgan fingerprint density at radius 1 is 1.14 bits per heavy atom. The Hall–Kier alpha value is -3.22. The second-order valence-electron chi connectivity index (χ2n) is 9.43. The number of carbonyl (C=O) groups is 1. The summed E-state index contributed by atoms with van der Waals surface area (Å²) in [6.45, 7) is 0.379. The topological polar surface area (TPSA) is 73.2 Å². The third-order valence-electron chi connectivity index (χ3n) is 6.85. The number of hydrogen-bond acceptors (Lipinski definition) is 4. The number of benzene rings is 3. The number of hydrogen-bond donors (Lipinski definition) is 1. The van der Waals surface area contributed by atoms with Gasteiger partial charge in [-0.15, -0.1) is 0 Å². The molecule has 184 valence electrons. The monoisotopic (exact) mass is 527 g/mol. The summed E-state index contributed by atoms with van der Waals surface area (Å²) in [5.74, 6) is 0.306. The molecule has 0 radical (unpaired) electrons. The third-order valence-corrected chi connectivity index (χ3v) is 8.68. The Labute approximate surface area is 210 Å². The number of amides is 1. The fourth-order valence-corrected chi connectivity index (χ4v) is 6.49. The van der Waals surface area contributed by atoms with Crippen molar-refractivity contribution < 1.29 is 22.9 Å². The molecule has 4 aromatic rings. The van der Waals surface area contributed by atoms with E-state index < -0.39 is 19.8 Å². The molecular formula is C26H21ClF2N3O3P. The highest BCUT2D eigenvalue weighted by Gasteiger charge is 2.42. The van der Waals surface area contributed by atoms with Gasteiger partial charge in [0.2, 0.25) is 0 Å². The Morgan fingerprint density at radius 2 is 1.94 bits per heavy atom.